The highest BCUT2D eigenvalue weighted by molar-refractivity contribution is 4.96. The zero-order valence-corrected chi connectivity index (χ0v) is 12.2. The second kappa shape index (κ2) is 6.30. The summed E-state index contributed by atoms with van der Waals surface area (Å²) in [7, 11) is 3.38. The number of hydrogen-bond acceptors (Lipinski definition) is 5. The fourth-order valence-electron chi connectivity index (χ4n) is 2.53. The second-order valence-corrected chi connectivity index (χ2v) is 6.14. The Hall–Kier alpha value is -0.200. The van der Waals surface area contributed by atoms with Crippen LogP contribution >= 0.6 is 0 Å². The van der Waals surface area contributed by atoms with Gasteiger partial charge in [0, 0.05) is 39.4 Å². The van der Waals surface area contributed by atoms with Crippen molar-refractivity contribution in [1.82, 2.24) is 4.90 Å². The van der Waals surface area contributed by atoms with E-state index in [1.807, 2.05) is 0 Å². The molecule has 1 fully saturated rings. The lowest BCUT2D eigenvalue weighted by atomic mass is 9.82. The molecule has 0 aromatic rings. The summed E-state index contributed by atoms with van der Waals surface area (Å²) in [4.78, 5) is 2.18. The Morgan fingerprint density at radius 1 is 1.22 bits per heavy atom. The van der Waals surface area contributed by atoms with Crippen LogP contribution in [0, 0.1) is 5.41 Å². The van der Waals surface area contributed by atoms with Gasteiger partial charge in [-0.2, -0.15) is 0 Å². The number of nitrogens with zero attached hydrogens (tertiary/aromatic N) is 1. The first-order valence-corrected chi connectivity index (χ1v) is 6.51. The van der Waals surface area contributed by atoms with E-state index in [4.69, 9.17) is 15.2 Å². The van der Waals surface area contributed by atoms with Crippen molar-refractivity contribution in [2.45, 2.75) is 45.1 Å². The zero-order valence-electron chi connectivity index (χ0n) is 12.2. The molecule has 0 aromatic carbocycles. The van der Waals surface area contributed by atoms with Gasteiger partial charge in [0.1, 0.15) is 0 Å². The van der Waals surface area contributed by atoms with E-state index in [1.54, 1.807) is 14.2 Å². The Bertz CT molecular complexity index is 243. The number of aliphatic hydroxyl groups is 1. The van der Waals surface area contributed by atoms with Crippen LogP contribution in [0.2, 0.25) is 0 Å². The fourth-order valence-corrected chi connectivity index (χ4v) is 2.53. The van der Waals surface area contributed by atoms with E-state index >= 15 is 0 Å². The van der Waals surface area contributed by atoms with Crippen molar-refractivity contribution in [2.24, 2.45) is 11.1 Å². The van der Waals surface area contributed by atoms with Gasteiger partial charge in [0.2, 0.25) is 0 Å². The smallest absolute Gasteiger partial charge is 0.0971 e. The van der Waals surface area contributed by atoms with Crippen LogP contribution in [0.3, 0.4) is 0 Å². The SMILES string of the molecule is COC1CN(C(CO)C(N)C(C)(C)C)CC1OC. The third-order valence-corrected chi connectivity index (χ3v) is 3.92. The number of aliphatic hydroxyl groups excluding tert-OH is 1. The molecule has 0 bridgehead atoms. The van der Waals surface area contributed by atoms with Crippen molar-refractivity contribution in [2.75, 3.05) is 33.9 Å². The monoisotopic (exact) mass is 260 g/mol. The van der Waals surface area contributed by atoms with E-state index in [-0.39, 0.29) is 36.3 Å². The molecule has 4 unspecified atom stereocenters. The normalized spacial score (nSPS) is 29.5. The highest BCUT2D eigenvalue weighted by atomic mass is 16.5. The van der Waals surface area contributed by atoms with E-state index in [9.17, 15) is 5.11 Å². The van der Waals surface area contributed by atoms with E-state index in [2.05, 4.69) is 25.7 Å². The summed E-state index contributed by atoms with van der Waals surface area (Å²) >= 11 is 0. The van der Waals surface area contributed by atoms with Gasteiger partial charge in [-0.25, -0.2) is 0 Å². The van der Waals surface area contributed by atoms with E-state index < -0.39 is 0 Å². The molecule has 5 nitrogen and oxygen atoms in total. The average Bonchev–Trinajstić information content (AvgIpc) is 2.71. The molecule has 1 saturated heterocycles. The van der Waals surface area contributed by atoms with Gasteiger partial charge >= 0.3 is 0 Å². The molecule has 1 aliphatic rings. The van der Waals surface area contributed by atoms with Crippen molar-refractivity contribution >= 4 is 0 Å². The van der Waals surface area contributed by atoms with Gasteiger partial charge in [-0.15, -0.1) is 0 Å². The predicted molar refractivity (Wildman–Crippen MR) is 71.5 cm³/mol. The Morgan fingerprint density at radius 3 is 1.94 bits per heavy atom. The van der Waals surface area contributed by atoms with Crippen LogP contribution in [-0.2, 0) is 9.47 Å². The molecule has 18 heavy (non-hydrogen) atoms. The van der Waals surface area contributed by atoms with E-state index in [0.717, 1.165) is 13.1 Å². The minimum Gasteiger partial charge on any atom is -0.395 e. The molecule has 108 valence electrons. The zero-order chi connectivity index (χ0) is 13.9. The molecule has 1 aliphatic heterocycles. The van der Waals surface area contributed by atoms with Gasteiger partial charge in [-0.05, 0) is 5.41 Å². The molecule has 0 radical (unpaired) electrons. The fraction of sp³-hybridized carbons (Fsp3) is 1.00. The first-order valence-electron chi connectivity index (χ1n) is 6.51. The number of ether oxygens (including phenoxy) is 2. The minimum absolute atomic E-state index is 0.0406. The Balaban J connectivity index is 2.73. The Labute approximate surface area is 110 Å². The number of likely N-dealkylation sites (tertiary alicyclic amines) is 1. The van der Waals surface area contributed by atoms with Crippen LogP contribution in [0.1, 0.15) is 20.8 Å². The van der Waals surface area contributed by atoms with Crippen molar-refractivity contribution < 1.29 is 14.6 Å². The van der Waals surface area contributed by atoms with Gasteiger partial charge < -0.3 is 20.3 Å². The predicted octanol–water partition coefficient (Wildman–Crippen LogP) is 0.0663. The van der Waals surface area contributed by atoms with Crippen molar-refractivity contribution in [1.29, 1.82) is 0 Å². The number of rotatable bonds is 5. The van der Waals surface area contributed by atoms with Gasteiger partial charge in [0.25, 0.3) is 0 Å². The molecular weight excluding hydrogens is 232 g/mol. The summed E-state index contributed by atoms with van der Waals surface area (Å²) in [6.45, 7) is 7.85. The summed E-state index contributed by atoms with van der Waals surface area (Å²) in [5, 5.41) is 9.63. The van der Waals surface area contributed by atoms with Crippen LogP contribution < -0.4 is 5.73 Å². The first kappa shape index (κ1) is 15.9. The largest absolute Gasteiger partial charge is 0.395 e. The first-order chi connectivity index (χ1) is 8.35. The maximum absolute atomic E-state index is 9.63. The molecular formula is C13H28N2O3. The third-order valence-electron chi connectivity index (χ3n) is 3.92. The molecule has 1 rings (SSSR count). The van der Waals surface area contributed by atoms with Crippen LogP contribution in [0.5, 0.6) is 0 Å². The van der Waals surface area contributed by atoms with Gasteiger partial charge in [-0.3, -0.25) is 4.90 Å². The van der Waals surface area contributed by atoms with Crippen LogP contribution in [-0.4, -0.2) is 68.2 Å². The quantitative estimate of drug-likeness (QED) is 0.732. The summed E-state index contributed by atoms with van der Waals surface area (Å²) in [5.74, 6) is 0. The highest BCUT2D eigenvalue weighted by Gasteiger charge is 2.40. The number of methoxy groups -OCH3 is 2. The van der Waals surface area contributed by atoms with Crippen LogP contribution in [0.4, 0.5) is 0 Å². The lowest BCUT2D eigenvalue weighted by Gasteiger charge is -2.38. The number of nitrogens with two attached hydrogens (primary N) is 1. The van der Waals surface area contributed by atoms with Gasteiger partial charge in [0.15, 0.2) is 0 Å². The summed E-state index contributed by atoms with van der Waals surface area (Å²) in [5.41, 5.74) is 6.24. The van der Waals surface area contributed by atoms with Crippen LogP contribution in [0.15, 0.2) is 0 Å². The third kappa shape index (κ3) is 3.42. The number of hydrogen-bond donors (Lipinski definition) is 2. The summed E-state index contributed by atoms with van der Waals surface area (Å²) in [6, 6.07) is -0.140. The van der Waals surface area contributed by atoms with E-state index in [1.165, 1.54) is 0 Å². The van der Waals surface area contributed by atoms with Crippen molar-refractivity contribution in [3.05, 3.63) is 0 Å². The maximum Gasteiger partial charge on any atom is 0.0971 e. The molecule has 0 amide bonds. The van der Waals surface area contributed by atoms with Gasteiger partial charge in [-0.1, -0.05) is 20.8 Å². The highest BCUT2D eigenvalue weighted by Crippen LogP contribution is 2.26. The Kier molecular flexibility index (Phi) is 5.55. The standard InChI is InChI=1S/C13H28N2O3/c1-13(2,3)12(14)9(8-16)15-6-10(17-4)11(7-15)18-5/h9-12,16H,6-8,14H2,1-5H3. The molecule has 0 aromatic heterocycles. The molecule has 3 N–H and O–H groups in total. The van der Waals surface area contributed by atoms with E-state index in [0.29, 0.717) is 0 Å². The molecule has 4 atom stereocenters. The van der Waals surface area contributed by atoms with Crippen molar-refractivity contribution in [3.63, 3.8) is 0 Å². The molecule has 1 heterocycles. The second-order valence-electron chi connectivity index (χ2n) is 6.14. The average molecular weight is 260 g/mol. The Morgan fingerprint density at radius 2 is 1.67 bits per heavy atom. The molecule has 0 aliphatic carbocycles. The van der Waals surface area contributed by atoms with Crippen molar-refractivity contribution in [3.8, 4) is 0 Å². The summed E-state index contributed by atoms with van der Waals surface area (Å²) < 4.78 is 10.8. The van der Waals surface area contributed by atoms with Gasteiger partial charge in [0.05, 0.1) is 18.8 Å². The topological polar surface area (TPSA) is 68.0 Å². The minimum atomic E-state index is -0.0874. The lowest BCUT2D eigenvalue weighted by Crippen LogP contribution is -2.55. The van der Waals surface area contributed by atoms with Crippen LogP contribution in [0.25, 0.3) is 0 Å². The maximum atomic E-state index is 9.63. The lowest BCUT2D eigenvalue weighted by molar-refractivity contribution is -0.00461. The molecule has 0 spiro atoms. The summed E-state index contributed by atoms with van der Waals surface area (Å²) in [6.07, 6.45) is 0.104. The molecule has 0 saturated carbocycles. The molecule has 5 heteroatoms.